The zero-order chi connectivity index (χ0) is 42.4. The van der Waals surface area contributed by atoms with E-state index in [0.29, 0.717) is 19.3 Å². The topological polar surface area (TPSA) is 78.9 Å². The van der Waals surface area contributed by atoms with Gasteiger partial charge in [-0.05, 0) is 25.2 Å². The molecule has 0 saturated heterocycles. The molecule has 0 bridgehead atoms. The summed E-state index contributed by atoms with van der Waals surface area (Å²) in [6.45, 7) is 9.01. The second kappa shape index (κ2) is 46.5. The van der Waals surface area contributed by atoms with Crippen LogP contribution in [0, 0.1) is 5.92 Å². The van der Waals surface area contributed by atoms with Gasteiger partial charge in [0, 0.05) is 19.3 Å². The minimum atomic E-state index is -0.760. The lowest BCUT2D eigenvalue weighted by Gasteiger charge is -2.18. The van der Waals surface area contributed by atoms with Crippen LogP contribution >= 0.6 is 0 Å². The van der Waals surface area contributed by atoms with Gasteiger partial charge < -0.3 is 14.2 Å². The molecule has 344 valence electrons. The molecule has 0 spiro atoms. The molecule has 0 aromatic carbocycles. The maximum atomic E-state index is 12.8. The second-order valence-electron chi connectivity index (χ2n) is 18.3. The highest BCUT2D eigenvalue weighted by atomic mass is 16.6. The number of ether oxygens (including phenoxy) is 3. The Morgan fingerprint density at radius 1 is 0.328 bits per heavy atom. The van der Waals surface area contributed by atoms with Crippen molar-refractivity contribution < 1.29 is 28.6 Å². The number of unbranched alkanes of at least 4 members (excludes halogenated alkanes) is 34. The Morgan fingerprint density at radius 2 is 0.569 bits per heavy atom. The highest BCUT2D eigenvalue weighted by Gasteiger charge is 2.19. The van der Waals surface area contributed by atoms with Crippen molar-refractivity contribution >= 4 is 17.9 Å². The van der Waals surface area contributed by atoms with Crippen molar-refractivity contribution in [2.24, 2.45) is 5.92 Å². The van der Waals surface area contributed by atoms with Gasteiger partial charge in [-0.1, -0.05) is 252 Å². The smallest absolute Gasteiger partial charge is 0.306 e. The molecular weight excluding hydrogens is 721 g/mol. The third kappa shape index (κ3) is 45.5. The molecule has 6 heteroatoms. The lowest BCUT2D eigenvalue weighted by molar-refractivity contribution is -0.167. The fourth-order valence-corrected chi connectivity index (χ4v) is 7.86. The summed E-state index contributed by atoms with van der Waals surface area (Å²) in [4.78, 5) is 37.9. The molecule has 1 atom stereocenters. The number of hydrogen-bond donors (Lipinski definition) is 0. The maximum absolute atomic E-state index is 12.8. The van der Waals surface area contributed by atoms with Gasteiger partial charge in [-0.15, -0.1) is 0 Å². The van der Waals surface area contributed by atoms with Gasteiger partial charge in [0.25, 0.3) is 0 Å². The van der Waals surface area contributed by atoms with Crippen molar-refractivity contribution in [3.05, 3.63) is 0 Å². The summed E-state index contributed by atoms with van der Waals surface area (Å²) in [6.07, 6.45) is 48.0. The van der Waals surface area contributed by atoms with E-state index in [4.69, 9.17) is 14.2 Å². The predicted octanol–water partition coefficient (Wildman–Crippen LogP) is 16.7. The molecule has 0 aliphatic heterocycles. The Balaban J connectivity index is 4.30. The second-order valence-corrected chi connectivity index (χ2v) is 18.3. The minimum Gasteiger partial charge on any atom is -0.462 e. The highest BCUT2D eigenvalue weighted by Crippen LogP contribution is 2.17. The van der Waals surface area contributed by atoms with Crippen molar-refractivity contribution in [1.29, 1.82) is 0 Å². The number of carbonyl (C=O) groups excluding carboxylic acids is 3. The average molecular weight is 821 g/mol. The molecule has 0 heterocycles. The lowest BCUT2D eigenvalue weighted by atomic mass is 10.0. The van der Waals surface area contributed by atoms with Crippen LogP contribution in [0.1, 0.15) is 291 Å². The first-order chi connectivity index (χ1) is 28.4. The monoisotopic (exact) mass is 821 g/mol. The van der Waals surface area contributed by atoms with Crippen LogP contribution in [0.4, 0.5) is 0 Å². The molecule has 0 saturated carbocycles. The number of carbonyl (C=O) groups is 3. The Kier molecular flexibility index (Phi) is 45.2. The zero-order valence-corrected chi connectivity index (χ0v) is 39.5. The molecule has 0 rings (SSSR count). The quantitative estimate of drug-likeness (QED) is 0.0346. The Hall–Kier alpha value is -1.59. The summed E-state index contributed by atoms with van der Waals surface area (Å²) in [5, 5.41) is 0. The van der Waals surface area contributed by atoms with Crippen LogP contribution < -0.4 is 0 Å². The maximum Gasteiger partial charge on any atom is 0.306 e. The van der Waals surface area contributed by atoms with E-state index in [1.807, 2.05) is 0 Å². The van der Waals surface area contributed by atoms with E-state index in [9.17, 15) is 14.4 Å². The molecule has 0 aliphatic carbocycles. The van der Waals surface area contributed by atoms with E-state index in [2.05, 4.69) is 27.7 Å². The fourth-order valence-electron chi connectivity index (χ4n) is 7.86. The summed E-state index contributed by atoms with van der Waals surface area (Å²) in [5.41, 5.74) is 0. The molecule has 0 aromatic rings. The van der Waals surface area contributed by atoms with Crippen molar-refractivity contribution in [3.63, 3.8) is 0 Å². The van der Waals surface area contributed by atoms with Gasteiger partial charge in [-0.3, -0.25) is 14.4 Å². The first-order valence-electron chi connectivity index (χ1n) is 25.9. The summed E-state index contributed by atoms with van der Waals surface area (Å²) < 4.78 is 16.8. The van der Waals surface area contributed by atoms with Gasteiger partial charge in [0.2, 0.25) is 0 Å². The van der Waals surface area contributed by atoms with Gasteiger partial charge in [0.15, 0.2) is 6.10 Å². The summed E-state index contributed by atoms with van der Waals surface area (Å²) in [6, 6.07) is 0. The highest BCUT2D eigenvalue weighted by molar-refractivity contribution is 5.71. The van der Waals surface area contributed by atoms with Crippen LogP contribution in [-0.4, -0.2) is 37.2 Å². The molecule has 0 radical (unpaired) electrons. The van der Waals surface area contributed by atoms with E-state index in [0.717, 1.165) is 63.7 Å². The summed E-state index contributed by atoms with van der Waals surface area (Å²) in [5.74, 6) is -0.0267. The van der Waals surface area contributed by atoms with Crippen molar-refractivity contribution in [2.75, 3.05) is 13.2 Å². The van der Waals surface area contributed by atoms with E-state index in [1.54, 1.807) is 0 Å². The lowest BCUT2D eigenvalue weighted by Crippen LogP contribution is -2.30. The molecule has 0 N–H and O–H groups in total. The van der Waals surface area contributed by atoms with Gasteiger partial charge in [0.05, 0.1) is 0 Å². The van der Waals surface area contributed by atoms with Crippen LogP contribution in [0.25, 0.3) is 0 Å². The number of rotatable bonds is 47. The molecule has 0 aromatic heterocycles. The third-order valence-electron chi connectivity index (χ3n) is 11.8. The molecule has 0 unspecified atom stereocenters. The normalized spacial score (nSPS) is 11.9. The average Bonchev–Trinajstić information content (AvgIpc) is 3.21. The van der Waals surface area contributed by atoms with Gasteiger partial charge in [0.1, 0.15) is 13.2 Å². The van der Waals surface area contributed by atoms with Crippen LogP contribution in [0.15, 0.2) is 0 Å². The number of hydrogen-bond acceptors (Lipinski definition) is 6. The molecule has 0 aliphatic rings. The van der Waals surface area contributed by atoms with Crippen molar-refractivity contribution in [1.82, 2.24) is 0 Å². The van der Waals surface area contributed by atoms with E-state index >= 15 is 0 Å². The molecule has 58 heavy (non-hydrogen) atoms. The van der Waals surface area contributed by atoms with E-state index in [-0.39, 0.29) is 31.1 Å². The van der Waals surface area contributed by atoms with Crippen LogP contribution in [0.3, 0.4) is 0 Å². The fraction of sp³-hybridized carbons (Fsp3) is 0.942. The first-order valence-corrected chi connectivity index (χ1v) is 25.9. The Bertz CT molecular complexity index is 872. The van der Waals surface area contributed by atoms with Gasteiger partial charge >= 0.3 is 17.9 Å². The summed E-state index contributed by atoms with van der Waals surface area (Å²) >= 11 is 0. The zero-order valence-electron chi connectivity index (χ0n) is 39.5. The van der Waals surface area contributed by atoms with Crippen LogP contribution in [0.5, 0.6) is 0 Å². The summed E-state index contributed by atoms with van der Waals surface area (Å²) in [7, 11) is 0. The SMILES string of the molecule is CCCCCCCCCCCCCCCCCCC(=O)O[C@@H](COC(=O)CCCCCCCCCCCCC)COC(=O)CCCCCCCCCCCCC(C)C. The number of esters is 3. The van der Waals surface area contributed by atoms with Crippen LogP contribution in [0.2, 0.25) is 0 Å². The van der Waals surface area contributed by atoms with E-state index in [1.165, 1.54) is 186 Å². The molecule has 0 amide bonds. The third-order valence-corrected chi connectivity index (χ3v) is 11.8. The van der Waals surface area contributed by atoms with Crippen molar-refractivity contribution in [2.45, 2.75) is 297 Å². The standard InChI is InChI=1S/C52H100O6/c1-5-7-9-11-13-15-17-18-19-20-21-23-29-33-37-41-45-52(55)58-49(46-56-50(53)43-39-35-31-27-22-16-14-12-10-8-6-2)47-57-51(54)44-40-36-32-28-25-24-26-30-34-38-42-48(3)4/h48-49H,5-47H2,1-4H3/t49-/m0/s1. The minimum absolute atomic E-state index is 0.0629. The first kappa shape index (κ1) is 56.4. The van der Waals surface area contributed by atoms with Crippen LogP contribution in [-0.2, 0) is 28.6 Å². The molecule has 0 fully saturated rings. The molecular formula is C52H100O6. The molecule has 6 nitrogen and oxygen atoms in total. The van der Waals surface area contributed by atoms with E-state index < -0.39 is 6.10 Å². The van der Waals surface area contributed by atoms with Gasteiger partial charge in [-0.2, -0.15) is 0 Å². The predicted molar refractivity (Wildman–Crippen MR) is 247 cm³/mol. The Morgan fingerprint density at radius 3 is 0.845 bits per heavy atom. The van der Waals surface area contributed by atoms with Crippen molar-refractivity contribution in [3.8, 4) is 0 Å². The largest absolute Gasteiger partial charge is 0.462 e. The van der Waals surface area contributed by atoms with Gasteiger partial charge in [-0.25, -0.2) is 0 Å². The Labute approximate surface area is 361 Å².